The molecule has 34 heavy (non-hydrogen) atoms. The molecule has 2 aliphatic rings. The van der Waals surface area contributed by atoms with E-state index >= 15 is 0 Å². The third-order valence-corrected chi connectivity index (χ3v) is 7.07. The maximum atomic E-state index is 13.5. The second-order valence-corrected chi connectivity index (χ2v) is 9.15. The second kappa shape index (κ2) is 8.97. The van der Waals surface area contributed by atoms with Crippen molar-refractivity contribution in [2.75, 3.05) is 18.4 Å². The van der Waals surface area contributed by atoms with Crippen molar-refractivity contribution in [1.82, 2.24) is 9.88 Å². The molecule has 0 unspecified atom stereocenters. The Balaban J connectivity index is 1.20. The van der Waals surface area contributed by atoms with E-state index in [0.29, 0.717) is 35.5 Å². The van der Waals surface area contributed by atoms with E-state index in [4.69, 9.17) is 0 Å². The number of nitrogens with one attached hydrogen (secondary N) is 1. The predicted molar refractivity (Wildman–Crippen MR) is 125 cm³/mol. The summed E-state index contributed by atoms with van der Waals surface area (Å²) in [4.78, 5) is 31.7. The van der Waals surface area contributed by atoms with Crippen molar-refractivity contribution in [3.63, 3.8) is 0 Å². The molecule has 0 atom stereocenters. The monoisotopic (exact) mass is 461 g/mol. The van der Waals surface area contributed by atoms with E-state index in [1.165, 1.54) is 12.1 Å². The summed E-state index contributed by atoms with van der Waals surface area (Å²) in [7, 11) is 0. The second-order valence-electron chi connectivity index (χ2n) is 9.15. The first kappa shape index (κ1) is 22.2. The molecule has 174 valence electrons. The lowest BCUT2D eigenvalue weighted by Gasteiger charge is -2.36. The Labute approximate surface area is 196 Å². The van der Waals surface area contributed by atoms with Crippen LogP contribution in [0.1, 0.15) is 36.0 Å². The Morgan fingerprint density at radius 2 is 1.50 bits per heavy atom. The molecule has 0 bridgehead atoms. The first-order chi connectivity index (χ1) is 16.4. The van der Waals surface area contributed by atoms with E-state index in [1.807, 2.05) is 4.90 Å². The van der Waals surface area contributed by atoms with Gasteiger partial charge >= 0.3 is 0 Å². The van der Waals surface area contributed by atoms with Crippen LogP contribution < -0.4 is 5.32 Å². The largest absolute Gasteiger partial charge is 0.339 e. The molecular formula is C27H25F2N3O2. The molecule has 0 spiro atoms. The molecule has 1 N–H and O–H groups in total. The normalized spacial score (nSPS) is 17.3. The highest BCUT2D eigenvalue weighted by atomic mass is 19.1. The van der Waals surface area contributed by atoms with Gasteiger partial charge < -0.3 is 10.2 Å². The molecule has 5 nitrogen and oxygen atoms in total. The van der Waals surface area contributed by atoms with Crippen LogP contribution in [0.5, 0.6) is 0 Å². The van der Waals surface area contributed by atoms with Gasteiger partial charge in [-0.05, 0) is 79.1 Å². The summed E-state index contributed by atoms with van der Waals surface area (Å²) in [6.07, 6.45) is 6.53. The number of piperidine rings is 1. The van der Waals surface area contributed by atoms with Crippen molar-refractivity contribution in [2.45, 2.75) is 25.7 Å². The number of carbonyl (C=O) groups excluding carboxylic acids is 2. The van der Waals surface area contributed by atoms with E-state index in [2.05, 4.69) is 10.3 Å². The quantitative estimate of drug-likeness (QED) is 0.561. The van der Waals surface area contributed by atoms with E-state index in [0.717, 1.165) is 31.7 Å². The van der Waals surface area contributed by atoms with Crippen molar-refractivity contribution >= 4 is 17.5 Å². The zero-order valence-electron chi connectivity index (χ0n) is 18.6. The van der Waals surface area contributed by atoms with Crippen LogP contribution >= 0.6 is 0 Å². The minimum absolute atomic E-state index is 0.00779. The van der Waals surface area contributed by atoms with Gasteiger partial charge in [-0.25, -0.2) is 8.78 Å². The number of hydrogen-bond acceptors (Lipinski definition) is 3. The molecular weight excluding hydrogens is 436 g/mol. The Morgan fingerprint density at radius 3 is 2.09 bits per heavy atom. The van der Waals surface area contributed by atoms with Gasteiger partial charge in [-0.3, -0.25) is 14.6 Å². The highest BCUT2D eigenvalue weighted by molar-refractivity contribution is 5.98. The average Bonchev–Trinajstić information content (AvgIpc) is 3.66. The number of pyridine rings is 1. The first-order valence-electron chi connectivity index (χ1n) is 11.5. The Bertz CT molecular complexity index is 1180. The topological polar surface area (TPSA) is 62.3 Å². The van der Waals surface area contributed by atoms with Crippen molar-refractivity contribution < 1.29 is 18.4 Å². The summed E-state index contributed by atoms with van der Waals surface area (Å²) in [6.45, 7) is 1.28. The van der Waals surface area contributed by atoms with Gasteiger partial charge in [0, 0.05) is 42.8 Å². The average molecular weight is 462 g/mol. The summed E-state index contributed by atoms with van der Waals surface area (Å²) >= 11 is 0. The van der Waals surface area contributed by atoms with Crippen molar-refractivity contribution in [1.29, 1.82) is 0 Å². The third-order valence-electron chi connectivity index (χ3n) is 7.07. The molecule has 0 radical (unpaired) electrons. The fraction of sp³-hybridized carbons (Fsp3) is 0.296. The lowest BCUT2D eigenvalue weighted by molar-refractivity contribution is -0.123. The summed E-state index contributed by atoms with van der Waals surface area (Å²) < 4.78 is 27.0. The zero-order chi connectivity index (χ0) is 23.7. The number of anilines is 1. The van der Waals surface area contributed by atoms with E-state index in [1.54, 1.807) is 48.8 Å². The fourth-order valence-electron chi connectivity index (χ4n) is 4.99. The predicted octanol–water partition coefficient (Wildman–Crippen LogP) is 5.30. The van der Waals surface area contributed by atoms with E-state index < -0.39 is 11.6 Å². The number of hydrogen-bond donors (Lipinski definition) is 1. The van der Waals surface area contributed by atoms with Crippen molar-refractivity contribution in [3.05, 3.63) is 84.2 Å². The highest BCUT2D eigenvalue weighted by Gasteiger charge is 2.55. The number of halogens is 2. The number of amides is 2. The molecule has 3 aromatic rings. The third kappa shape index (κ3) is 4.42. The fourth-order valence-corrected chi connectivity index (χ4v) is 4.99. The van der Waals surface area contributed by atoms with Gasteiger partial charge in [-0.1, -0.05) is 12.1 Å². The van der Waals surface area contributed by atoms with Gasteiger partial charge in [0.2, 0.25) is 5.91 Å². The number of benzene rings is 2. The SMILES string of the molecule is O=C(c1ccncc1)N1CCC(C2(C(=O)Nc3ccc(-c4cc(F)cc(F)c4)cc3)CC2)CC1. The number of rotatable bonds is 5. The maximum absolute atomic E-state index is 13.5. The molecule has 1 saturated carbocycles. The van der Waals surface area contributed by atoms with Crippen molar-refractivity contribution in [3.8, 4) is 11.1 Å². The Morgan fingerprint density at radius 1 is 0.882 bits per heavy atom. The van der Waals surface area contributed by atoms with E-state index in [9.17, 15) is 18.4 Å². The molecule has 2 aromatic carbocycles. The zero-order valence-corrected chi connectivity index (χ0v) is 18.6. The van der Waals surface area contributed by atoms with Crippen LogP contribution in [-0.4, -0.2) is 34.8 Å². The van der Waals surface area contributed by atoms with Gasteiger partial charge in [0.05, 0.1) is 5.41 Å². The first-order valence-corrected chi connectivity index (χ1v) is 11.5. The molecule has 7 heteroatoms. The minimum Gasteiger partial charge on any atom is -0.339 e. The summed E-state index contributed by atoms with van der Waals surface area (Å²) in [5, 5.41) is 3.03. The van der Waals surface area contributed by atoms with Crippen LogP contribution in [0, 0.1) is 23.0 Å². The Hall–Kier alpha value is -3.61. The molecule has 1 aliphatic heterocycles. The number of nitrogens with zero attached hydrogens (tertiary/aromatic N) is 2. The van der Waals surface area contributed by atoms with Gasteiger partial charge in [0.1, 0.15) is 11.6 Å². The van der Waals surface area contributed by atoms with Crippen LogP contribution in [0.25, 0.3) is 11.1 Å². The lowest BCUT2D eigenvalue weighted by atomic mass is 9.80. The van der Waals surface area contributed by atoms with Crippen LogP contribution in [0.15, 0.2) is 67.0 Å². The summed E-state index contributed by atoms with van der Waals surface area (Å²) in [5.74, 6) is -0.999. The minimum atomic E-state index is -0.628. The molecule has 1 aromatic heterocycles. The van der Waals surface area contributed by atoms with Gasteiger partial charge in [-0.15, -0.1) is 0 Å². The van der Waals surface area contributed by atoms with Crippen molar-refractivity contribution in [2.24, 2.45) is 11.3 Å². The number of aromatic nitrogens is 1. The molecule has 2 amide bonds. The van der Waals surface area contributed by atoms with Crippen LogP contribution in [-0.2, 0) is 4.79 Å². The standard InChI is InChI=1S/C27H25F2N3O2/c28-22-15-20(16-23(29)17-22)18-1-3-24(4-2-18)31-26(34)27(9-10-27)21-7-13-32(14-8-21)25(33)19-5-11-30-12-6-19/h1-6,11-12,15-17,21H,7-10,13-14H2,(H,31,34). The summed E-state index contributed by atoms with van der Waals surface area (Å²) in [5.41, 5.74) is 2.03. The number of likely N-dealkylation sites (tertiary alicyclic amines) is 1. The van der Waals surface area contributed by atoms with Gasteiger partial charge in [-0.2, -0.15) is 0 Å². The smallest absolute Gasteiger partial charge is 0.253 e. The number of carbonyl (C=O) groups is 2. The van der Waals surface area contributed by atoms with E-state index in [-0.39, 0.29) is 23.1 Å². The molecule has 1 saturated heterocycles. The lowest BCUT2D eigenvalue weighted by Crippen LogP contribution is -2.43. The molecule has 5 rings (SSSR count). The van der Waals surface area contributed by atoms with Crippen LogP contribution in [0.4, 0.5) is 14.5 Å². The molecule has 1 aliphatic carbocycles. The molecule has 2 fully saturated rings. The Kier molecular flexibility index (Phi) is 5.86. The maximum Gasteiger partial charge on any atom is 0.253 e. The summed E-state index contributed by atoms with van der Waals surface area (Å²) in [6, 6.07) is 13.8. The highest BCUT2D eigenvalue weighted by Crippen LogP contribution is 2.56. The van der Waals surface area contributed by atoms with Crippen LogP contribution in [0.2, 0.25) is 0 Å². The van der Waals surface area contributed by atoms with Crippen LogP contribution in [0.3, 0.4) is 0 Å². The van der Waals surface area contributed by atoms with Gasteiger partial charge in [0.15, 0.2) is 0 Å². The molecule has 2 heterocycles. The van der Waals surface area contributed by atoms with Gasteiger partial charge in [0.25, 0.3) is 5.91 Å².